The fraction of sp³-hybridized carbons (Fsp3) is 0.522. The Bertz CT molecular complexity index is 1290. The van der Waals surface area contributed by atoms with Gasteiger partial charge in [0.25, 0.3) is 6.43 Å². The highest BCUT2D eigenvalue weighted by molar-refractivity contribution is 5.89. The summed E-state index contributed by atoms with van der Waals surface area (Å²) in [5.74, 6) is 1.22. The number of aromatic nitrogens is 7. The van der Waals surface area contributed by atoms with E-state index in [0.717, 1.165) is 10.2 Å². The van der Waals surface area contributed by atoms with Crippen LogP contribution in [0.15, 0.2) is 24.4 Å². The van der Waals surface area contributed by atoms with Gasteiger partial charge in [-0.05, 0) is 50.8 Å². The van der Waals surface area contributed by atoms with Gasteiger partial charge in [0.2, 0.25) is 5.95 Å². The molecule has 0 unspecified atom stereocenters. The van der Waals surface area contributed by atoms with Crippen LogP contribution in [0.5, 0.6) is 0 Å². The lowest BCUT2D eigenvalue weighted by atomic mass is 9.79. The maximum atomic E-state index is 12.7. The average molecular weight is 488 g/mol. The molecular weight excluding hydrogens is 456 g/mol. The largest absolute Gasteiger partial charge is 0.390 e. The number of anilines is 2. The van der Waals surface area contributed by atoms with Crippen molar-refractivity contribution in [2.75, 3.05) is 18.1 Å². The lowest BCUT2D eigenvalue weighted by molar-refractivity contribution is 0.000832. The molecule has 0 aromatic carbocycles. The van der Waals surface area contributed by atoms with Crippen molar-refractivity contribution in [2.45, 2.75) is 64.5 Å². The molecule has 1 aliphatic rings. The molecule has 0 saturated heterocycles. The molecule has 0 atom stereocenters. The summed E-state index contributed by atoms with van der Waals surface area (Å²) in [5.41, 5.74) is 7.97. The Kier molecular flexibility index (Phi) is 7.10. The summed E-state index contributed by atoms with van der Waals surface area (Å²) in [6.07, 6.45) is 5.63. The van der Waals surface area contributed by atoms with Crippen molar-refractivity contribution in [1.82, 2.24) is 34.6 Å². The van der Waals surface area contributed by atoms with E-state index in [1.54, 1.807) is 36.0 Å². The summed E-state index contributed by atoms with van der Waals surface area (Å²) >= 11 is 0. The fourth-order valence-electron chi connectivity index (χ4n) is 4.49. The SMILES string of the molecule is CC(C)(O)C1CCCCC1.CNc1nc(N)nn2ccc(-c3ccc4nnn(CC(F)F)c4n3)c12. The number of hydrogen-bond donors (Lipinski definition) is 3. The van der Waals surface area contributed by atoms with Crippen molar-refractivity contribution in [2.24, 2.45) is 5.92 Å². The highest BCUT2D eigenvalue weighted by Gasteiger charge is 2.27. The van der Waals surface area contributed by atoms with Crippen LogP contribution in [0.4, 0.5) is 20.5 Å². The number of aliphatic hydroxyl groups is 1. The zero-order valence-electron chi connectivity index (χ0n) is 20.1. The number of hydrogen-bond acceptors (Lipinski definition) is 8. The third-order valence-electron chi connectivity index (χ3n) is 6.31. The molecule has 4 N–H and O–H groups in total. The zero-order chi connectivity index (χ0) is 25.2. The Morgan fingerprint density at radius 2 is 1.91 bits per heavy atom. The van der Waals surface area contributed by atoms with Crippen LogP contribution in [0.3, 0.4) is 0 Å². The van der Waals surface area contributed by atoms with Gasteiger partial charge in [-0.3, -0.25) is 0 Å². The smallest absolute Gasteiger partial charge is 0.258 e. The first kappa shape index (κ1) is 24.7. The van der Waals surface area contributed by atoms with Gasteiger partial charge >= 0.3 is 0 Å². The minimum Gasteiger partial charge on any atom is -0.390 e. The first-order chi connectivity index (χ1) is 16.7. The molecule has 5 rings (SSSR count). The Balaban J connectivity index is 0.000000243. The molecule has 12 heteroatoms. The highest BCUT2D eigenvalue weighted by atomic mass is 19.3. The molecule has 0 aliphatic heterocycles. The molecule has 1 saturated carbocycles. The molecule has 0 amide bonds. The number of alkyl halides is 2. The summed E-state index contributed by atoms with van der Waals surface area (Å²) < 4.78 is 28.1. The lowest BCUT2D eigenvalue weighted by Gasteiger charge is -2.32. The normalized spacial score (nSPS) is 14.9. The molecule has 0 spiro atoms. The second kappa shape index (κ2) is 10.1. The van der Waals surface area contributed by atoms with Crippen LogP contribution >= 0.6 is 0 Å². The van der Waals surface area contributed by atoms with E-state index in [1.165, 1.54) is 32.1 Å². The number of nitrogens with zero attached hydrogens (tertiary/aromatic N) is 7. The summed E-state index contributed by atoms with van der Waals surface area (Å²) in [6, 6.07) is 5.24. The van der Waals surface area contributed by atoms with Gasteiger partial charge in [-0.15, -0.1) is 10.2 Å². The van der Waals surface area contributed by atoms with Crippen LogP contribution in [0.1, 0.15) is 46.0 Å². The monoisotopic (exact) mass is 487 g/mol. The number of halogens is 2. The van der Waals surface area contributed by atoms with Gasteiger partial charge in [0, 0.05) is 18.8 Å². The van der Waals surface area contributed by atoms with Gasteiger partial charge in [-0.2, -0.15) is 4.98 Å². The molecule has 0 radical (unpaired) electrons. The maximum Gasteiger partial charge on any atom is 0.258 e. The van der Waals surface area contributed by atoms with Crippen molar-refractivity contribution >= 4 is 28.4 Å². The van der Waals surface area contributed by atoms with Gasteiger partial charge in [0.1, 0.15) is 17.6 Å². The number of fused-ring (bicyclic) bond motifs is 2. The second-order valence-corrected chi connectivity index (χ2v) is 9.28. The van der Waals surface area contributed by atoms with Gasteiger partial charge in [0.15, 0.2) is 11.5 Å². The van der Waals surface area contributed by atoms with E-state index >= 15 is 0 Å². The molecule has 35 heavy (non-hydrogen) atoms. The summed E-state index contributed by atoms with van der Waals surface area (Å²) in [6.45, 7) is 3.30. The minimum absolute atomic E-state index is 0.127. The summed E-state index contributed by atoms with van der Waals surface area (Å²) in [5, 5.41) is 24.3. The fourth-order valence-corrected chi connectivity index (χ4v) is 4.49. The molecule has 1 aliphatic carbocycles. The lowest BCUT2D eigenvalue weighted by Crippen LogP contribution is -2.32. The van der Waals surface area contributed by atoms with E-state index < -0.39 is 18.6 Å². The first-order valence-corrected chi connectivity index (χ1v) is 11.7. The third kappa shape index (κ3) is 5.47. The quantitative estimate of drug-likeness (QED) is 0.388. The standard InChI is InChI=1S/C14H13F2N9.C9H18O/c1-18-12-11-7(4-5-24(11)22-14(17)20-12)8-2-3-9-13(19-8)25(23-21-9)6-10(15)16;1-9(2,10)8-6-4-3-5-7-8/h2-5,10H,6H2,1H3,(H3,17,18,20,22);8,10H,3-7H2,1-2H3. The number of nitrogens with one attached hydrogen (secondary N) is 1. The van der Waals surface area contributed by atoms with Gasteiger partial charge in [-0.1, -0.05) is 24.5 Å². The van der Waals surface area contributed by atoms with Crippen molar-refractivity contribution in [3.63, 3.8) is 0 Å². The van der Waals surface area contributed by atoms with E-state index in [-0.39, 0.29) is 5.95 Å². The van der Waals surface area contributed by atoms with Gasteiger partial charge in [-0.25, -0.2) is 23.0 Å². The molecule has 4 aromatic rings. The molecule has 188 valence electrons. The Hall–Kier alpha value is -3.41. The topological polar surface area (TPSA) is 132 Å². The Morgan fingerprint density at radius 1 is 1.17 bits per heavy atom. The predicted octanol–water partition coefficient (Wildman–Crippen LogP) is 3.76. The van der Waals surface area contributed by atoms with E-state index in [0.29, 0.717) is 34.1 Å². The van der Waals surface area contributed by atoms with Crippen LogP contribution in [0.25, 0.3) is 27.9 Å². The minimum atomic E-state index is -2.54. The third-order valence-corrected chi connectivity index (χ3v) is 6.31. The van der Waals surface area contributed by atoms with Crippen molar-refractivity contribution in [3.05, 3.63) is 24.4 Å². The molecule has 4 aromatic heterocycles. The van der Waals surface area contributed by atoms with E-state index in [1.807, 2.05) is 13.8 Å². The average Bonchev–Trinajstić information content (AvgIpc) is 3.42. The Labute approximate surface area is 201 Å². The van der Waals surface area contributed by atoms with Crippen LogP contribution in [-0.4, -0.2) is 58.8 Å². The predicted molar refractivity (Wildman–Crippen MR) is 130 cm³/mol. The number of rotatable bonds is 5. The van der Waals surface area contributed by atoms with E-state index in [2.05, 4.69) is 30.7 Å². The molecule has 1 fully saturated rings. The zero-order valence-corrected chi connectivity index (χ0v) is 20.1. The first-order valence-electron chi connectivity index (χ1n) is 11.7. The van der Waals surface area contributed by atoms with Gasteiger partial charge < -0.3 is 16.2 Å². The molecular formula is C23H31F2N9O. The second-order valence-electron chi connectivity index (χ2n) is 9.28. The number of pyridine rings is 1. The molecule has 4 heterocycles. The number of nitrogens with two attached hydrogens (primary N) is 1. The van der Waals surface area contributed by atoms with Crippen molar-refractivity contribution in [3.8, 4) is 11.3 Å². The summed E-state index contributed by atoms with van der Waals surface area (Å²) in [4.78, 5) is 8.62. The Morgan fingerprint density at radius 3 is 2.54 bits per heavy atom. The maximum absolute atomic E-state index is 12.7. The van der Waals surface area contributed by atoms with Gasteiger partial charge in [0.05, 0.1) is 11.3 Å². The van der Waals surface area contributed by atoms with Crippen LogP contribution in [0.2, 0.25) is 0 Å². The van der Waals surface area contributed by atoms with Crippen LogP contribution < -0.4 is 11.1 Å². The van der Waals surface area contributed by atoms with Crippen molar-refractivity contribution < 1.29 is 13.9 Å². The van der Waals surface area contributed by atoms with Crippen molar-refractivity contribution in [1.29, 1.82) is 0 Å². The molecule has 0 bridgehead atoms. The summed E-state index contributed by atoms with van der Waals surface area (Å²) in [7, 11) is 1.72. The molecule has 10 nitrogen and oxygen atoms in total. The highest BCUT2D eigenvalue weighted by Crippen LogP contribution is 2.32. The van der Waals surface area contributed by atoms with E-state index in [9.17, 15) is 13.9 Å². The number of nitrogen functional groups attached to an aromatic ring is 1. The van der Waals surface area contributed by atoms with E-state index in [4.69, 9.17) is 5.73 Å². The van der Waals surface area contributed by atoms with Crippen LogP contribution in [0, 0.1) is 5.92 Å². The van der Waals surface area contributed by atoms with Crippen LogP contribution in [-0.2, 0) is 6.54 Å².